The zero-order chi connectivity index (χ0) is 18.8. The summed E-state index contributed by atoms with van der Waals surface area (Å²) < 4.78 is 15.6. The summed E-state index contributed by atoms with van der Waals surface area (Å²) in [5, 5.41) is 10.2. The number of amides is 2. The van der Waals surface area contributed by atoms with Crippen LogP contribution in [0.2, 0.25) is 0 Å². The van der Waals surface area contributed by atoms with Crippen molar-refractivity contribution in [1.82, 2.24) is 20.0 Å². The van der Waals surface area contributed by atoms with Gasteiger partial charge in [-0.2, -0.15) is 5.10 Å². The molecule has 3 rings (SSSR count). The molecule has 1 aromatic carbocycles. The molecule has 1 aliphatic rings. The van der Waals surface area contributed by atoms with Crippen LogP contribution in [0.5, 0.6) is 0 Å². The van der Waals surface area contributed by atoms with Crippen LogP contribution in [-0.2, 0) is 11.8 Å². The highest BCUT2D eigenvalue weighted by Gasteiger charge is 2.34. The van der Waals surface area contributed by atoms with E-state index in [2.05, 4.69) is 15.7 Å². The first-order valence-electron chi connectivity index (χ1n) is 8.38. The molecule has 2 aromatic rings. The lowest BCUT2D eigenvalue weighted by atomic mass is 9.90. The maximum atomic E-state index is 13.9. The van der Waals surface area contributed by atoms with Crippen molar-refractivity contribution in [3.63, 3.8) is 0 Å². The first kappa shape index (κ1) is 20.9. The third-order valence-electron chi connectivity index (χ3n) is 4.57. The molecule has 0 unspecified atom stereocenters. The summed E-state index contributed by atoms with van der Waals surface area (Å²) in [6.45, 7) is 1.24. The van der Waals surface area contributed by atoms with E-state index in [0.717, 1.165) is 5.56 Å². The van der Waals surface area contributed by atoms with Crippen LogP contribution in [0.4, 0.5) is 10.1 Å². The van der Waals surface area contributed by atoms with Gasteiger partial charge in [0.05, 0.1) is 17.7 Å². The van der Waals surface area contributed by atoms with E-state index in [9.17, 15) is 14.0 Å². The first-order chi connectivity index (χ1) is 12.4. The van der Waals surface area contributed by atoms with Gasteiger partial charge >= 0.3 is 0 Å². The molecule has 0 saturated carbocycles. The van der Waals surface area contributed by atoms with E-state index in [4.69, 9.17) is 0 Å². The summed E-state index contributed by atoms with van der Waals surface area (Å²) in [6, 6.07) is 4.02. The molecule has 0 spiro atoms. The Hall–Kier alpha value is -2.45. The number of aryl methyl sites for hydroxylation is 1. The van der Waals surface area contributed by atoms with Gasteiger partial charge in [-0.15, -0.1) is 12.4 Å². The number of benzene rings is 1. The minimum absolute atomic E-state index is 0. The van der Waals surface area contributed by atoms with Crippen LogP contribution in [0.15, 0.2) is 30.6 Å². The molecule has 2 amide bonds. The van der Waals surface area contributed by atoms with E-state index in [0.29, 0.717) is 18.8 Å². The Balaban J connectivity index is 0.00000261. The van der Waals surface area contributed by atoms with Gasteiger partial charge < -0.3 is 15.5 Å². The van der Waals surface area contributed by atoms with Crippen LogP contribution in [0.3, 0.4) is 0 Å². The lowest BCUT2D eigenvalue weighted by Gasteiger charge is -2.18. The summed E-state index contributed by atoms with van der Waals surface area (Å²) in [6.07, 6.45) is 3.67. The van der Waals surface area contributed by atoms with Gasteiger partial charge in [-0.25, -0.2) is 4.39 Å². The molecule has 0 aliphatic carbocycles. The standard InChI is InChI=1S/C18H22FN5O2.ClH/c1-23(2)18(26)13-6-12(4-5-16(13)19)22-17(25)15-9-20-8-14(15)11-7-21-24(3)10-11;/h4-7,10,14-15,20H,8-9H2,1-3H3,(H,22,25);1H/t14-,15+;/m1./s1. The number of anilines is 1. The highest BCUT2D eigenvalue weighted by molar-refractivity contribution is 5.98. The molecule has 1 fully saturated rings. The van der Waals surface area contributed by atoms with Gasteiger partial charge in [0.25, 0.3) is 5.91 Å². The molecule has 2 atom stereocenters. The fourth-order valence-electron chi connectivity index (χ4n) is 3.18. The number of nitrogens with one attached hydrogen (secondary N) is 2. The number of hydrogen-bond donors (Lipinski definition) is 2. The van der Waals surface area contributed by atoms with Crippen LogP contribution >= 0.6 is 12.4 Å². The molecule has 27 heavy (non-hydrogen) atoms. The Morgan fingerprint density at radius 2 is 2.07 bits per heavy atom. The molecule has 1 aromatic heterocycles. The van der Waals surface area contributed by atoms with Crippen molar-refractivity contribution in [2.45, 2.75) is 5.92 Å². The maximum Gasteiger partial charge on any atom is 0.256 e. The SMILES string of the molecule is CN(C)C(=O)c1cc(NC(=O)[C@H]2CNC[C@@H]2c2cnn(C)c2)ccc1F.Cl. The molecule has 0 bridgehead atoms. The minimum atomic E-state index is -0.613. The number of carbonyl (C=O) groups is 2. The molecule has 2 N–H and O–H groups in total. The fraction of sp³-hybridized carbons (Fsp3) is 0.389. The van der Waals surface area contributed by atoms with Crippen LogP contribution in [0, 0.1) is 11.7 Å². The van der Waals surface area contributed by atoms with Gasteiger partial charge in [-0.3, -0.25) is 14.3 Å². The summed E-state index contributed by atoms with van der Waals surface area (Å²) in [5.41, 5.74) is 1.33. The van der Waals surface area contributed by atoms with Crippen molar-refractivity contribution in [1.29, 1.82) is 0 Å². The van der Waals surface area contributed by atoms with Crippen molar-refractivity contribution in [2.24, 2.45) is 13.0 Å². The second-order valence-corrected chi connectivity index (χ2v) is 6.70. The number of rotatable bonds is 4. The van der Waals surface area contributed by atoms with E-state index in [1.54, 1.807) is 25.0 Å². The van der Waals surface area contributed by atoms with Gasteiger partial charge in [-0.1, -0.05) is 0 Å². The lowest BCUT2D eigenvalue weighted by Crippen LogP contribution is -2.28. The Labute approximate surface area is 163 Å². The van der Waals surface area contributed by atoms with Gasteiger partial charge in [-0.05, 0) is 23.8 Å². The normalized spacial score (nSPS) is 18.7. The Kier molecular flexibility index (Phi) is 6.56. The average Bonchev–Trinajstić information content (AvgIpc) is 3.24. The minimum Gasteiger partial charge on any atom is -0.345 e. The van der Waals surface area contributed by atoms with E-state index < -0.39 is 11.7 Å². The summed E-state index contributed by atoms with van der Waals surface area (Å²) >= 11 is 0. The highest BCUT2D eigenvalue weighted by atomic mass is 35.5. The third-order valence-corrected chi connectivity index (χ3v) is 4.57. The molecule has 0 radical (unpaired) electrons. The van der Waals surface area contributed by atoms with Crippen LogP contribution in [-0.4, -0.2) is 53.7 Å². The van der Waals surface area contributed by atoms with Crippen LogP contribution < -0.4 is 10.6 Å². The van der Waals surface area contributed by atoms with E-state index in [1.807, 2.05) is 13.2 Å². The van der Waals surface area contributed by atoms with Crippen molar-refractivity contribution in [3.05, 3.63) is 47.5 Å². The van der Waals surface area contributed by atoms with Crippen molar-refractivity contribution >= 4 is 29.9 Å². The van der Waals surface area contributed by atoms with E-state index in [1.165, 1.54) is 23.1 Å². The maximum absolute atomic E-state index is 13.9. The predicted molar refractivity (Wildman–Crippen MR) is 103 cm³/mol. The Bertz CT molecular complexity index is 839. The second kappa shape index (κ2) is 8.49. The van der Waals surface area contributed by atoms with Gasteiger partial charge in [0, 0.05) is 52.0 Å². The van der Waals surface area contributed by atoms with E-state index >= 15 is 0 Å². The number of hydrogen-bond acceptors (Lipinski definition) is 4. The molecule has 1 aliphatic heterocycles. The van der Waals surface area contributed by atoms with Gasteiger partial charge in [0.15, 0.2) is 0 Å². The predicted octanol–water partition coefficient (Wildman–Crippen LogP) is 1.62. The van der Waals surface area contributed by atoms with Gasteiger partial charge in [0.2, 0.25) is 5.91 Å². The summed E-state index contributed by atoms with van der Waals surface area (Å²) in [7, 11) is 4.94. The lowest BCUT2D eigenvalue weighted by molar-refractivity contribution is -0.119. The largest absolute Gasteiger partial charge is 0.345 e. The van der Waals surface area contributed by atoms with Crippen molar-refractivity contribution < 1.29 is 14.0 Å². The topological polar surface area (TPSA) is 79.3 Å². The molecule has 2 heterocycles. The average molecular weight is 396 g/mol. The molecule has 1 saturated heterocycles. The Morgan fingerprint density at radius 1 is 1.33 bits per heavy atom. The number of carbonyl (C=O) groups excluding carboxylic acids is 2. The Morgan fingerprint density at radius 3 is 2.70 bits per heavy atom. The summed E-state index contributed by atoms with van der Waals surface area (Å²) in [5.74, 6) is -1.48. The highest BCUT2D eigenvalue weighted by Crippen LogP contribution is 2.29. The zero-order valence-corrected chi connectivity index (χ0v) is 16.2. The fourth-order valence-corrected chi connectivity index (χ4v) is 3.18. The smallest absolute Gasteiger partial charge is 0.256 e. The molecule has 146 valence electrons. The van der Waals surface area contributed by atoms with Crippen LogP contribution in [0.25, 0.3) is 0 Å². The third kappa shape index (κ3) is 4.45. The monoisotopic (exact) mass is 395 g/mol. The summed E-state index contributed by atoms with van der Waals surface area (Å²) in [4.78, 5) is 26.1. The van der Waals surface area contributed by atoms with Crippen molar-refractivity contribution in [2.75, 3.05) is 32.5 Å². The van der Waals surface area contributed by atoms with Crippen LogP contribution in [0.1, 0.15) is 21.8 Å². The quantitative estimate of drug-likeness (QED) is 0.824. The molecule has 7 nitrogen and oxygen atoms in total. The second-order valence-electron chi connectivity index (χ2n) is 6.70. The number of halogens is 2. The van der Waals surface area contributed by atoms with E-state index in [-0.39, 0.29) is 35.7 Å². The molecular formula is C18H23ClFN5O2. The first-order valence-corrected chi connectivity index (χ1v) is 8.38. The van der Waals surface area contributed by atoms with Gasteiger partial charge in [0.1, 0.15) is 5.82 Å². The number of nitrogens with zero attached hydrogens (tertiary/aromatic N) is 3. The zero-order valence-electron chi connectivity index (χ0n) is 15.4. The molecule has 9 heteroatoms. The molecular weight excluding hydrogens is 373 g/mol. The van der Waals surface area contributed by atoms with Crippen molar-refractivity contribution in [3.8, 4) is 0 Å². The number of aromatic nitrogens is 2.